The lowest BCUT2D eigenvalue weighted by Gasteiger charge is -2.34. The Morgan fingerprint density at radius 1 is 0.930 bits per heavy atom. The molecule has 71 heavy (non-hydrogen) atoms. The molecule has 0 saturated carbocycles. The number of aromatic nitrogens is 5. The number of likely N-dealkylation sites (tertiary alicyclic amines) is 1. The van der Waals surface area contributed by atoms with Crippen molar-refractivity contribution < 1.29 is 43.2 Å². The number of nitrogens with zero attached hydrogens (tertiary/aromatic N) is 7. The number of ether oxygens (including phenoxy) is 5. The summed E-state index contributed by atoms with van der Waals surface area (Å²) in [5.41, 5.74) is 7.80. The van der Waals surface area contributed by atoms with Gasteiger partial charge in [-0.15, -0.1) is 11.3 Å². The Balaban J connectivity index is 0.677. The summed E-state index contributed by atoms with van der Waals surface area (Å²) in [6.45, 7) is 10.5. The minimum atomic E-state index is -0.846. The van der Waals surface area contributed by atoms with E-state index in [0.717, 1.165) is 54.1 Å². The quantitative estimate of drug-likeness (QED) is 0.0548. The lowest BCUT2D eigenvalue weighted by atomic mass is 9.77. The summed E-state index contributed by atoms with van der Waals surface area (Å²) in [5, 5.41) is 26.0. The van der Waals surface area contributed by atoms with Crippen LogP contribution in [0.1, 0.15) is 50.4 Å². The van der Waals surface area contributed by atoms with Crippen molar-refractivity contribution in [1.82, 2.24) is 34.0 Å². The number of carbonyl (C=O) groups excluding carboxylic acids is 3. The number of hydrogen-bond acceptors (Lipinski definition) is 16. The lowest BCUT2D eigenvalue weighted by molar-refractivity contribution is -0.146. The van der Waals surface area contributed by atoms with Gasteiger partial charge in [-0.1, -0.05) is 56.4 Å². The first kappa shape index (κ1) is 51.1. The molecule has 8 rings (SSSR count). The number of carbonyl (C=O) groups is 3. The molecule has 18 nitrogen and oxygen atoms in total. The zero-order valence-corrected chi connectivity index (χ0v) is 42.1. The molecule has 0 radical (unpaired) electrons. The molecule has 1 fully saturated rings. The van der Waals surface area contributed by atoms with E-state index in [0.29, 0.717) is 56.5 Å². The van der Waals surface area contributed by atoms with E-state index in [9.17, 15) is 24.8 Å². The summed E-state index contributed by atoms with van der Waals surface area (Å²) in [5.74, 6) is -0.107. The molecule has 3 atom stereocenters. The van der Waals surface area contributed by atoms with E-state index >= 15 is 0 Å². The molecular weight excluding hydrogens is 947 g/mol. The van der Waals surface area contributed by atoms with Gasteiger partial charge in [0, 0.05) is 51.3 Å². The normalized spacial score (nSPS) is 15.4. The Labute approximate surface area is 419 Å². The molecule has 3 N–H and O–H groups in total. The largest absolute Gasteiger partial charge is 0.491 e. The van der Waals surface area contributed by atoms with Crippen molar-refractivity contribution >= 4 is 66.9 Å². The SMILES string of the molecule is CNc1c(-c2cn3c(n2)sc2cc(OCCOCCOCCOCCOCC(=O)C[C@H](C(=O)N4C[C@H](O)C[C@H]4C(=O)NCc4ccc(-c5scnc5C)cc4)C(C)(C)C)ccc23)nc2cc(C#N)ccn12. The van der Waals surface area contributed by atoms with Gasteiger partial charge in [0.05, 0.1) is 90.3 Å². The highest BCUT2D eigenvalue weighted by atomic mass is 32.1. The van der Waals surface area contributed by atoms with Crippen LogP contribution in [0.4, 0.5) is 5.82 Å². The minimum absolute atomic E-state index is 0.0219. The number of anilines is 1. The zero-order valence-electron chi connectivity index (χ0n) is 40.5. The van der Waals surface area contributed by atoms with Crippen LogP contribution in [0.3, 0.4) is 0 Å². The number of benzene rings is 2. The van der Waals surface area contributed by atoms with Crippen LogP contribution in [0.2, 0.25) is 0 Å². The molecule has 1 saturated heterocycles. The molecule has 0 aliphatic carbocycles. The number of β-amino-alcohol motifs (C(OH)–C–C–N with tert-alkyl or cyclic N) is 1. The molecular formula is C51H59N9O9S2. The highest BCUT2D eigenvalue weighted by Gasteiger charge is 2.44. The van der Waals surface area contributed by atoms with E-state index in [-0.39, 0.29) is 63.3 Å². The fraction of sp³-hybridized carbons (Fsp3) is 0.431. The van der Waals surface area contributed by atoms with Crippen molar-refractivity contribution in [3.63, 3.8) is 0 Å². The molecule has 1 aliphatic heterocycles. The van der Waals surface area contributed by atoms with Gasteiger partial charge in [0.2, 0.25) is 11.8 Å². The number of imidazole rings is 2. The van der Waals surface area contributed by atoms with Crippen LogP contribution in [0, 0.1) is 29.6 Å². The first-order chi connectivity index (χ1) is 34.3. The summed E-state index contributed by atoms with van der Waals surface area (Å²) in [7, 11) is 1.84. The van der Waals surface area contributed by atoms with Crippen molar-refractivity contribution in [3.05, 3.63) is 89.3 Å². The van der Waals surface area contributed by atoms with Gasteiger partial charge < -0.3 is 44.3 Å². The summed E-state index contributed by atoms with van der Waals surface area (Å²) in [6, 6.07) is 18.6. The average Bonchev–Trinajstić information content (AvgIpc) is 4.20. The molecule has 1 aliphatic rings. The van der Waals surface area contributed by atoms with Gasteiger partial charge in [0.25, 0.3) is 0 Å². The fourth-order valence-electron chi connectivity index (χ4n) is 8.50. The van der Waals surface area contributed by atoms with E-state index in [1.54, 1.807) is 34.8 Å². The van der Waals surface area contributed by atoms with Crippen LogP contribution in [-0.4, -0.2) is 137 Å². The van der Waals surface area contributed by atoms with Gasteiger partial charge in [-0.2, -0.15) is 5.26 Å². The van der Waals surface area contributed by atoms with E-state index in [1.807, 2.05) is 104 Å². The number of rotatable bonds is 24. The predicted molar refractivity (Wildman–Crippen MR) is 271 cm³/mol. The second-order valence-electron chi connectivity index (χ2n) is 18.3. The molecule has 6 heterocycles. The number of ketones is 1. The number of thiazole rings is 2. The first-order valence-corrected chi connectivity index (χ1v) is 25.2. The Morgan fingerprint density at radius 3 is 2.32 bits per heavy atom. The average molecular weight is 1010 g/mol. The van der Waals surface area contributed by atoms with Crippen LogP contribution < -0.4 is 15.4 Å². The summed E-state index contributed by atoms with van der Waals surface area (Å²) in [6.07, 6.45) is 3.02. The number of nitriles is 1. The Morgan fingerprint density at radius 2 is 1.65 bits per heavy atom. The fourth-order valence-corrected chi connectivity index (χ4v) is 10.3. The molecule has 0 spiro atoms. The predicted octanol–water partition coefficient (Wildman–Crippen LogP) is 6.55. The van der Waals surface area contributed by atoms with Gasteiger partial charge in [0.1, 0.15) is 47.9 Å². The third kappa shape index (κ3) is 12.4. The maximum Gasteiger partial charge on any atom is 0.243 e. The number of amides is 2. The van der Waals surface area contributed by atoms with E-state index < -0.39 is 23.5 Å². The van der Waals surface area contributed by atoms with Crippen LogP contribution in [-0.2, 0) is 39.9 Å². The van der Waals surface area contributed by atoms with Crippen LogP contribution >= 0.6 is 22.7 Å². The number of hydrogen-bond donors (Lipinski definition) is 3. The topological polar surface area (TPSA) is 216 Å². The third-order valence-electron chi connectivity index (χ3n) is 12.2. The van der Waals surface area contributed by atoms with Gasteiger partial charge in [-0.3, -0.25) is 23.2 Å². The number of aryl methyl sites for hydroxylation is 1. The standard InChI is InChI=1S/C51H59N9O9S2/c1-32-46(70-31-55-32)35-8-6-33(7-9-35)27-54-48(63)42-24-36(61)28-59(42)49(64)39(51(2,3)4)23-37(62)30-68-19-18-66-15-14-65-16-17-67-20-21-69-38-10-11-41-43(25-38)71-50-56-40(29-60(41)50)45-47(53-5)58-13-12-34(26-52)22-44(58)57-45/h6-13,22,25,29,31,36,39,42,53,61H,14-21,23-24,27-28,30H2,1-5H3,(H,54,63)/t36-,39-,42+/m1/s1. The molecule has 2 aromatic carbocycles. The first-order valence-electron chi connectivity index (χ1n) is 23.5. The van der Waals surface area contributed by atoms with Gasteiger partial charge in [0.15, 0.2) is 10.7 Å². The molecule has 0 unspecified atom stereocenters. The van der Waals surface area contributed by atoms with Crippen molar-refractivity contribution in [3.8, 4) is 33.6 Å². The Hall–Kier alpha value is -6.31. The van der Waals surface area contributed by atoms with Gasteiger partial charge in [-0.25, -0.2) is 15.0 Å². The molecule has 374 valence electrons. The summed E-state index contributed by atoms with van der Waals surface area (Å²) in [4.78, 5) is 57.8. The second kappa shape index (κ2) is 23.3. The number of aliphatic hydroxyl groups is 1. The zero-order chi connectivity index (χ0) is 50.1. The molecule has 5 aromatic heterocycles. The Kier molecular flexibility index (Phi) is 16.7. The van der Waals surface area contributed by atoms with Crippen molar-refractivity contribution in [1.29, 1.82) is 5.26 Å². The second-order valence-corrected chi connectivity index (χ2v) is 20.2. The lowest BCUT2D eigenvalue weighted by Crippen LogP contribution is -2.50. The maximum absolute atomic E-state index is 14.0. The van der Waals surface area contributed by atoms with E-state index in [4.69, 9.17) is 33.7 Å². The van der Waals surface area contributed by atoms with Gasteiger partial charge >= 0.3 is 0 Å². The highest BCUT2D eigenvalue weighted by Crippen LogP contribution is 2.36. The van der Waals surface area contributed by atoms with E-state index in [1.165, 1.54) is 4.90 Å². The number of nitrogens with one attached hydrogen (secondary N) is 2. The summed E-state index contributed by atoms with van der Waals surface area (Å²) >= 11 is 3.13. The van der Waals surface area contributed by atoms with Crippen molar-refractivity contribution in [2.75, 3.05) is 78.4 Å². The van der Waals surface area contributed by atoms with Crippen LogP contribution in [0.5, 0.6) is 5.75 Å². The molecule has 0 bridgehead atoms. The molecule has 2 amide bonds. The van der Waals surface area contributed by atoms with Gasteiger partial charge in [-0.05, 0) is 53.8 Å². The molecule has 20 heteroatoms. The number of aliphatic hydroxyl groups excluding tert-OH is 1. The number of pyridine rings is 1. The third-order valence-corrected chi connectivity index (χ3v) is 14.2. The minimum Gasteiger partial charge on any atom is -0.491 e. The number of fused-ring (bicyclic) bond motifs is 4. The van der Waals surface area contributed by atoms with Crippen molar-refractivity contribution in [2.24, 2.45) is 11.3 Å². The monoisotopic (exact) mass is 1010 g/mol. The number of Topliss-reactive ketones (excluding diaryl/α,β-unsaturated/α-hetero) is 1. The summed E-state index contributed by atoms with van der Waals surface area (Å²) < 4.78 is 33.4. The van der Waals surface area contributed by atoms with Crippen molar-refractivity contribution in [2.45, 2.75) is 59.2 Å². The van der Waals surface area contributed by atoms with Crippen LogP contribution in [0.15, 0.2) is 72.5 Å². The highest BCUT2D eigenvalue weighted by molar-refractivity contribution is 7.23. The Bertz CT molecular complexity index is 3000. The van der Waals surface area contributed by atoms with Crippen LogP contribution in [0.25, 0.3) is 42.7 Å². The van der Waals surface area contributed by atoms with E-state index in [2.05, 4.69) is 21.7 Å². The maximum atomic E-state index is 14.0. The molecule has 7 aromatic rings. The smallest absolute Gasteiger partial charge is 0.243 e.